The van der Waals surface area contributed by atoms with E-state index in [1.807, 2.05) is 0 Å². The van der Waals surface area contributed by atoms with Crippen LogP contribution in [0.3, 0.4) is 0 Å². The normalized spacial score (nSPS) is 21.2. The molecule has 2 aliphatic carbocycles. The molecule has 1 atom stereocenters. The van der Waals surface area contributed by atoms with Crippen molar-refractivity contribution < 1.29 is 19.1 Å². The molecule has 5 heteroatoms. The van der Waals surface area contributed by atoms with Crippen LogP contribution < -0.4 is 5.73 Å². The Morgan fingerprint density at radius 3 is 1.88 bits per heavy atom. The van der Waals surface area contributed by atoms with Gasteiger partial charge in [-0.2, -0.15) is 0 Å². The molecule has 0 aromatic rings. The minimum Gasteiger partial charge on any atom is -0.465 e. The lowest BCUT2D eigenvalue weighted by Gasteiger charge is -2.22. The summed E-state index contributed by atoms with van der Waals surface area (Å²) in [5.74, 6) is 0.351. The van der Waals surface area contributed by atoms with Gasteiger partial charge in [-0.3, -0.25) is 9.59 Å². The van der Waals surface area contributed by atoms with Crippen molar-refractivity contribution >= 4 is 11.9 Å². The van der Waals surface area contributed by atoms with E-state index in [1.165, 1.54) is 38.5 Å². The van der Waals surface area contributed by atoms with Gasteiger partial charge in [0.05, 0.1) is 13.2 Å². The summed E-state index contributed by atoms with van der Waals surface area (Å²) in [6.45, 7) is 0.985. The van der Waals surface area contributed by atoms with Crippen LogP contribution in [-0.4, -0.2) is 31.2 Å². The summed E-state index contributed by atoms with van der Waals surface area (Å²) in [5, 5.41) is 0. The van der Waals surface area contributed by atoms with Gasteiger partial charge in [-0.25, -0.2) is 0 Å². The van der Waals surface area contributed by atoms with Gasteiger partial charge in [0.2, 0.25) is 0 Å². The first-order chi connectivity index (χ1) is 11.6. The minimum absolute atomic E-state index is 0.187. The van der Waals surface area contributed by atoms with Gasteiger partial charge < -0.3 is 15.2 Å². The average Bonchev–Trinajstić information content (AvgIpc) is 2.64. The highest BCUT2D eigenvalue weighted by Gasteiger charge is 2.21. The van der Waals surface area contributed by atoms with Crippen molar-refractivity contribution in [3.63, 3.8) is 0 Å². The van der Waals surface area contributed by atoms with Crippen molar-refractivity contribution in [3.8, 4) is 0 Å². The van der Waals surface area contributed by atoms with Crippen molar-refractivity contribution in [3.05, 3.63) is 0 Å². The lowest BCUT2D eigenvalue weighted by Crippen LogP contribution is -2.34. The van der Waals surface area contributed by atoms with E-state index < -0.39 is 6.04 Å². The van der Waals surface area contributed by atoms with Gasteiger partial charge in [0.1, 0.15) is 6.04 Å². The van der Waals surface area contributed by atoms with E-state index in [4.69, 9.17) is 15.2 Å². The van der Waals surface area contributed by atoms with Crippen LogP contribution in [-0.2, 0) is 19.1 Å². The molecule has 2 fully saturated rings. The fraction of sp³-hybridized carbons (Fsp3) is 0.895. The zero-order valence-corrected chi connectivity index (χ0v) is 14.8. The van der Waals surface area contributed by atoms with E-state index in [-0.39, 0.29) is 18.4 Å². The maximum Gasteiger partial charge on any atom is 0.322 e. The number of hydrogen-bond donors (Lipinski definition) is 1. The highest BCUT2D eigenvalue weighted by molar-refractivity contribution is 5.77. The summed E-state index contributed by atoms with van der Waals surface area (Å²) in [6, 6.07) is -0.726. The Kier molecular flexibility index (Phi) is 8.57. The monoisotopic (exact) mass is 339 g/mol. The van der Waals surface area contributed by atoms with Crippen molar-refractivity contribution in [1.29, 1.82) is 0 Å². The Hall–Kier alpha value is -1.10. The molecule has 2 aliphatic rings. The molecule has 0 heterocycles. The summed E-state index contributed by atoms with van der Waals surface area (Å²) in [4.78, 5) is 23.7. The number of esters is 2. The van der Waals surface area contributed by atoms with Crippen LogP contribution in [0.4, 0.5) is 0 Å². The largest absolute Gasteiger partial charge is 0.465 e. The highest BCUT2D eigenvalue weighted by Crippen LogP contribution is 2.24. The van der Waals surface area contributed by atoms with Crippen LogP contribution in [0.25, 0.3) is 0 Å². The zero-order chi connectivity index (χ0) is 17.2. The van der Waals surface area contributed by atoms with Crippen LogP contribution in [0.5, 0.6) is 0 Å². The molecule has 0 bridgehead atoms. The molecule has 24 heavy (non-hydrogen) atoms. The second-order valence-electron chi connectivity index (χ2n) is 7.47. The third kappa shape index (κ3) is 7.20. The van der Waals surface area contributed by atoms with Crippen LogP contribution in [0.1, 0.15) is 77.0 Å². The maximum absolute atomic E-state index is 11.9. The first kappa shape index (κ1) is 19.2. The fourth-order valence-corrected chi connectivity index (χ4v) is 3.69. The minimum atomic E-state index is -0.726. The lowest BCUT2D eigenvalue weighted by atomic mass is 9.90. The van der Waals surface area contributed by atoms with Gasteiger partial charge in [0, 0.05) is 6.42 Å². The lowest BCUT2D eigenvalue weighted by molar-refractivity contribution is -0.148. The molecule has 2 N–H and O–H groups in total. The number of ether oxygens (including phenoxy) is 2. The molecule has 138 valence electrons. The average molecular weight is 339 g/mol. The number of carbonyl (C=O) groups excluding carboxylic acids is 2. The van der Waals surface area contributed by atoms with Crippen LogP contribution in [0.2, 0.25) is 0 Å². The Balaban J connectivity index is 1.54. The molecule has 0 aromatic carbocycles. The van der Waals surface area contributed by atoms with Gasteiger partial charge in [-0.1, -0.05) is 38.5 Å². The van der Waals surface area contributed by atoms with Crippen molar-refractivity contribution in [2.24, 2.45) is 17.6 Å². The standard InChI is InChI=1S/C19H33NO4/c20-17(19(22)24-14-16-9-5-2-6-10-16)11-12-18(21)23-13-15-7-3-1-4-8-15/h15-17H,1-14,20H2/t17-/m0/s1. The molecule has 0 saturated heterocycles. The molecule has 2 saturated carbocycles. The molecule has 0 amide bonds. The molecule has 5 nitrogen and oxygen atoms in total. The molecule has 0 aliphatic heterocycles. The Morgan fingerprint density at radius 2 is 1.33 bits per heavy atom. The Morgan fingerprint density at radius 1 is 0.833 bits per heavy atom. The van der Waals surface area contributed by atoms with Gasteiger partial charge in [0.15, 0.2) is 0 Å². The van der Waals surface area contributed by atoms with E-state index in [0.717, 1.165) is 25.7 Å². The molecule has 0 aromatic heterocycles. The van der Waals surface area contributed by atoms with Gasteiger partial charge in [-0.15, -0.1) is 0 Å². The zero-order valence-electron chi connectivity index (χ0n) is 14.8. The molecule has 0 unspecified atom stereocenters. The van der Waals surface area contributed by atoms with Crippen molar-refractivity contribution in [1.82, 2.24) is 0 Å². The summed E-state index contributed by atoms with van der Waals surface area (Å²) in [5.41, 5.74) is 5.84. The van der Waals surface area contributed by atoms with Crippen LogP contribution >= 0.6 is 0 Å². The summed E-state index contributed by atoms with van der Waals surface area (Å²) in [6.07, 6.45) is 12.6. The van der Waals surface area contributed by atoms with Crippen molar-refractivity contribution in [2.75, 3.05) is 13.2 Å². The molecule has 0 radical (unpaired) electrons. The fourth-order valence-electron chi connectivity index (χ4n) is 3.69. The van der Waals surface area contributed by atoms with Gasteiger partial charge in [-0.05, 0) is 43.9 Å². The number of carbonyl (C=O) groups is 2. The first-order valence-electron chi connectivity index (χ1n) is 9.73. The van der Waals surface area contributed by atoms with Crippen molar-refractivity contribution in [2.45, 2.75) is 83.1 Å². The number of hydrogen-bond acceptors (Lipinski definition) is 5. The van der Waals surface area contributed by atoms with E-state index >= 15 is 0 Å². The smallest absolute Gasteiger partial charge is 0.322 e. The predicted molar refractivity (Wildman–Crippen MR) is 92.3 cm³/mol. The number of rotatable bonds is 8. The Bertz CT molecular complexity index is 387. The quantitative estimate of drug-likeness (QED) is 0.686. The van der Waals surface area contributed by atoms with E-state index in [1.54, 1.807) is 0 Å². The predicted octanol–water partition coefficient (Wildman–Crippen LogP) is 3.34. The second-order valence-corrected chi connectivity index (χ2v) is 7.47. The molecular weight excluding hydrogens is 306 g/mol. The topological polar surface area (TPSA) is 78.6 Å². The van der Waals surface area contributed by atoms with Crippen LogP contribution in [0, 0.1) is 11.8 Å². The van der Waals surface area contributed by atoms with Gasteiger partial charge in [0.25, 0.3) is 0 Å². The summed E-state index contributed by atoms with van der Waals surface area (Å²) < 4.78 is 10.6. The summed E-state index contributed by atoms with van der Waals surface area (Å²) >= 11 is 0. The van der Waals surface area contributed by atoms with Gasteiger partial charge >= 0.3 is 11.9 Å². The highest BCUT2D eigenvalue weighted by atomic mass is 16.5. The van der Waals surface area contributed by atoms with Crippen LogP contribution in [0.15, 0.2) is 0 Å². The maximum atomic E-state index is 11.9. The molecule has 2 rings (SSSR count). The first-order valence-corrected chi connectivity index (χ1v) is 9.73. The van der Waals surface area contributed by atoms with E-state index in [2.05, 4.69) is 0 Å². The molecular formula is C19H33NO4. The summed E-state index contributed by atoms with van der Waals surface area (Å²) in [7, 11) is 0. The van der Waals surface area contributed by atoms with E-state index in [0.29, 0.717) is 31.5 Å². The number of nitrogens with two attached hydrogens (primary N) is 1. The SMILES string of the molecule is N[C@@H](CCC(=O)OCC1CCCCC1)C(=O)OCC1CCCCC1. The second kappa shape index (κ2) is 10.7. The Labute approximate surface area is 145 Å². The van der Waals surface area contributed by atoms with E-state index in [9.17, 15) is 9.59 Å². The molecule has 0 spiro atoms. The third-order valence-corrected chi connectivity index (χ3v) is 5.35. The third-order valence-electron chi connectivity index (χ3n) is 5.35.